The van der Waals surface area contributed by atoms with Gasteiger partial charge in [-0.3, -0.25) is 17.6 Å². The number of anilines is 3. The molecule has 0 amide bonds. The zero-order chi connectivity index (χ0) is 44.0. The molecule has 1 aliphatic carbocycles. The van der Waals surface area contributed by atoms with Gasteiger partial charge in [-0.2, -0.15) is 0 Å². The van der Waals surface area contributed by atoms with Gasteiger partial charge in [-0.1, -0.05) is 129 Å². The Morgan fingerprint density at radius 2 is 0.800 bits per heavy atom. The van der Waals surface area contributed by atoms with E-state index in [1.165, 1.54) is 44.8 Å². The average Bonchev–Trinajstić information content (AvgIpc) is 4.18. The third kappa shape index (κ3) is 5.97. The second kappa shape index (κ2) is 14.6. The van der Waals surface area contributed by atoms with Crippen LogP contribution in [0.25, 0.3) is 44.7 Å². The van der Waals surface area contributed by atoms with E-state index < -0.39 is 0 Å². The molecular weight excluding hydrogens is 875 g/mol. The molecule has 0 bridgehead atoms. The molecular formula is C51H40BrN13. The van der Waals surface area contributed by atoms with Crippen LogP contribution in [0.4, 0.5) is 17.1 Å². The van der Waals surface area contributed by atoms with Gasteiger partial charge in [0.15, 0.2) is 0 Å². The number of aromatic nitrogens is 12. The van der Waals surface area contributed by atoms with Gasteiger partial charge in [-0.15, -0.1) is 40.8 Å². The van der Waals surface area contributed by atoms with Gasteiger partial charge in [-0.05, 0) is 88.3 Å². The number of rotatable bonds is 1. The number of hydrogen-bond acceptors (Lipinski definition) is 9. The lowest BCUT2D eigenvalue weighted by molar-refractivity contribution is 0.610. The molecule has 14 rings (SSSR count). The minimum absolute atomic E-state index is 0.0866. The van der Waals surface area contributed by atoms with Crippen LogP contribution in [0, 0.1) is 0 Å². The first-order valence-corrected chi connectivity index (χ1v) is 22.2. The van der Waals surface area contributed by atoms with Gasteiger partial charge in [0.1, 0.15) is 25.3 Å². The standard InChI is InChI=1S/C25H19N7.C16H16.C10H5BrN6/c1-25(2)17-7-3-5-9-19(17)32(20-10-6-4-8-18(20)25)16-11-12-21-22(13-16)31-15-27-29-24(31)23-28-26-14-30(21)23;1-16(2)14-9-5-3-7-12(14)11-13-8-4-6-10-15(13)16;11-6-1-2-7-8(3-6)17-5-13-15-10(17)9-14-12-4-16(7)9/h3-15H,1-2H3;3-10H,11H2,1-2H3;1-5H. The first-order valence-electron chi connectivity index (χ1n) is 21.4. The summed E-state index contributed by atoms with van der Waals surface area (Å²) in [5, 5.41) is 32.7. The Morgan fingerprint density at radius 1 is 0.415 bits per heavy atom. The van der Waals surface area contributed by atoms with E-state index in [0.717, 1.165) is 38.6 Å². The highest BCUT2D eigenvalue weighted by atomic mass is 79.9. The molecule has 12 aromatic rings. The summed E-state index contributed by atoms with van der Waals surface area (Å²) >= 11 is 3.47. The molecule has 2 aliphatic rings. The molecule has 316 valence electrons. The molecule has 0 saturated heterocycles. The van der Waals surface area contributed by atoms with Crippen molar-refractivity contribution < 1.29 is 0 Å². The molecule has 14 heteroatoms. The van der Waals surface area contributed by atoms with Gasteiger partial charge in [-0.25, -0.2) is 0 Å². The number of fused-ring (bicyclic) bond motifs is 16. The van der Waals surface area contributed by atoms with Crippen molar-refractivity contribution in [3.63, 3.8) is 0 Å². The van der Waals surface area contributed by atoms with Crippen molar-refractivity contribution in [1.82, 2.24) is 58.4 Å². The zero-order valence-electron chi connectivity index (χ0n) is 35.9. The maximum atomic E-state index is 4.28. The molecule has 6 aromatic carbocycles. The van der Waals surface area contributed by atoms with Crippen molar-refractivity contribution >= 4 is 77.6 Å². The predicted octanol–water partition coefficient (Wildman–Crippen LogP) is 10.6. The third-order valence-corrected chi connectivity index (χ3v) is 13.7. The highest BCUT2D eigenvalue weighted by Gasteiger charge is 2.37. The first kappa shape index (κ1) is 38.8. The van der Waals surface area contributed by atoms with Crippen LogP contribution >= 0.6 is 15.9 Å². The zero-order valence-corrected chi connectivity index (χ0v) is 37.5. The fourth-order valence-electron chi connectivity index (χ4n) is 10.1. The van der Waals surface area contributed by atoms with Crippen LogP contribution in [0.5, 0.6) is 0 Å². The normalized spacial score (nSPS) is 14.4. The van der Waals surface area contributed by atoms with Gasteiger partial charge in [0.2, 0.25) is 22.6 Å². The van der Waals surface area contributed by atoms with Crippen LogP contribution in [0.15, 0.2) is 163 Å². The van der Waals surface area contributed by atoms with Gasteiger partial charge in [0.25, 0.3) is 0 Å². The van der Waals surface area contributed by atoms with Crippen molar-refractivity contribution in [2.24, 2.45) is 0 Å². The first-order chi connectivity index (χ1) is 31.7. The summed E-state index contributed by atoms with van der Waals surface area (Å²) in [6, 6.07) is 47.4. The predicted molar refractivity (Wildman–Crippen MR) is 256 cm³/mol. The molecule has 0 unspecified atom stereocenters. The van der Waals surface area contributed by atoms with Gasteiger partial charge in [0.05, 0.1) is 33.4 Å². The summed E-state index contributed by atoms with van der Waals surface area (Å²) < 4.78 is 8.77. The SMILES string of the molecule is Brc1ccc2c(c1)n1cnnc1c1nncn21.CC1(C)c2ccccc2Cc2ccccc21.CC1(C)c2ccccc2N(c2ccc3c(c2)n2cnnc2c2nncn32)c2ccccc21. The monoisotopic (exact) mass is 913 g/mol. The molecule has 0 fully saturated rings. The van der Waals surface area contributed by atoms with Crippen molar-refractivity contribution in [3.8, 4) is 0 Å². The van der Waals surface area contributed by atoms with E-state index in [2.05, 4.69) is 205 Å². The van der Waals surface area contributed by atoms with E-state index in [0.29, 0.717) is 22.6 Å². The Hall–Kier alpha value is -7.84. The van der Waals surface area contributed by atoms with Gasteiger partial charge >= 0.3 is 0 Å². The van der Waals surface area contributed by atoms with Gasteiger partial charge < -0.3 is 4.90 Å². The van der Waals surface area contributed by atoms with Crippen molar-refractivity contribution in [1.29, 1.82) is 0 Å². The summed E-state index contributed by atoms with van der Waals surface area (Å²) in [4.78, 5) is 2.35. The largest absolute Gasteiger partial charge is 0.310 e. The minimum atomic E-state index is -0.0866. The quantitative estimate of drug-likeness (QED) is 0.158. The Labute approximate surface area is 380 Å². The highest BCUT2D eigenvalue weighted by Crippen LogP contribution is 2.52. The molecule has 1 aliphatic heterocycles. The number of benzene rings is 6. The summed E-state index contributed by atoms with van der Waals surface area (Å²) in [6.45, 7) is 9.24. The molecule has 6 aromatic heterocycles. The maximum absolute atomic E-state index is 4.28. The van der Waals surface area contributed by atoms with E-state index >= 15 is 0 Å². The average molecular weight is 915 g/mol. The summed E-state index contributed by atoms with van der Waals surface area (Å²) in [5.41, 5.74) is 18.9. The molecule has 0 atom stereocenters. The topological polar surface area (TPSA) is 124 Å². The second-order valence-electron chi connectivity index (χ2n) is 17.5. The van der Waals surface area contributed by atoms with E-state index in [1.54, 1.807) is 25.3 Å². The van der Waals surface area contributed by atoms with E-state index in [1.807, 2.05) is 35.8 Å². The molecule has 65 heavy (non-hydrogen) atoms. The van der Waals surface area contributed by atoms with Crippen LogP contribution in [0.3, 0.4) is 0 Å². The molecule has 7 heterocycles. The fourth-order valence-corrected chi connectivity index (χ4v) is 10.4. The molecule has 0 N–H and O–H groups in total. The molecule has 0 saturated carbocycles. The Morgan fingerprint density at radius 3 is 1.29 bits per heavy atom. The number of halogens is 1. The lowest BCUT2D eigenvalue weighted by Gasteiger charge is -2.42. The molecule has 13 nitrogen and oxygen atoms in total. The van der Waals surface area contributed by atoms with E-state index in [-0.39, 0.29) is 10.8 Å². The number of hydrogen-bond donors (Lipinski definition) is 0. The minimum Gasteiger partial charge on any atom is -0.310 e. The van der Waals surface area contributed by atoms with Crippen LogP contribution in [0.2, 0.25) is 0 Å². The Bertz CT molecular complexity index is 3720. The maximum Gasteiger partial charge on any atom is 0.206 e. The Kier molecular flexibility index (Phi) is 8.72. The van der Waals surface area contributed by atoms with Crippen LogP contribution in [-0.4, -0.2) is 58.4 Å². The van der Waals surface area contributed by atoms with Gasteiger partial charge in [0, 0.05) is 21.0 Å². The highest BCUT2D eigenvalue weighted by molar-refractivity contribution is 9.10. The summed E-state index contributed by atoms with van der Waals surface area (Å²) in [6.07, 6.45) is 7.90. The lowest BCUT2D eigenvalue weighted by atomic mass is 9.69. The fraction of sp³-hybridized carbons (Fsp3) is 0.137. The third-order valence-electron chi connectivity index (χ3n) is 13.2. The Balaban J connectivity index is 0.000000113. The molecule has 0 spiro atoms. The number of nitrogens with zero attached hydrogens (tertiary/aromatic N) is 13. The van der Waals surface area contributed by atoms with Crippen molar-refractivity contribution in [2.45, 2.75) is 44.9 Å². The lowest BCUT2D eigenvalue weighted by Crippen LogP contribution is -2.30. The van der Waals surface area contributed by atoms with Crippen molar-refractivity contribution in [2.75, 3.05) is 4.90 Å². The van der Waals surface area contributed by atoms with Crippen molar-refractivity contribution in [3.05, 3.63) is 197 Å². The molecule has 0 radical (unpaired) electrons. The van der Waals surface area contributed by atoms with E-state index in [9.17, 15) is 0 Å². The van der Waals surface area contributed by atoms with Crippen LogP contribution in [-0.2, 0) is 17.3 Å². The van der Waals surface area contributed by atoms with Crippen LogP contribution in [0.1, 0.15) is 61.1 Å². The summed E-state index contributed by atoms with van der Waals surface area (Å²) in [7, 11) is 0. The van der Waals surface area contributed by atoms with E-state index in [4.69, 9.17) is 0 Å². The summed E-state index contributed by atoms with van der Waals surface area (Å²) in [5.74, 6) is 0. The second-order valence-corrected chi connectivity index (χ2v) is 18.4. The van der Waals surface area contributed by atoms with Crippen LogP contribution < -0.4 is 4.90 Å². The number of para-hydroxylation sites is 2. The smallest absolute Gasteiger partial charge is 0.206 e.